The van der Waals surface area contributed by atoms with Gasteiger partial charge >= 0.3 is 0 Å². The van der Waals surface area contributed by atoms with Crippen molar-refractivity contribution < 1.29 is 8.63 Å². The summed E-state index contributed by atoms with van der Waals surface area (Å²) < 4.78 is 17.7. The minimum atomic E-state index is -0.991. The lowest BCUT2D eigenvalue weighted by Crippen LogP contribution is -1.99. The second-order valence-electron chi connectivity index (χ2n) is 5.22. The Morgan fingerprint density at radius 3 is 2.45 bits per heavy atom. The third-order valence-electron chi connectivity index (χ3n) is 3.33. The summed E-state index contributed by atoms with van der Waals surface area (Å²) in [6.07, 6.45) is 1.60. The first kappa shape index (κ1) is 14.7. The van der Waals surface area contributed by atoms with Crippen LogP contribution in [0.25, 0.3) is 11.5 Å². The van der Waals surface area contributed by atoms with Gasteiger partial charge in [-0.25, -0.2) is 4.98 Å². The Labute approximate surface area is 132 Å². The lowest BCUT2D eigenvalue weighted by atomic mass is 10.1. The normalized spacial score (nSPS) is 12.2. The quantitative estimate of drug-likeness (QED) is 0.712. The summed E-state index contributed by atoms with van der Waals surface area (Å²) in [5.41, 5.74) is 3.93. The van der Waals surface area contributed by atoms with Crippen molar-refractivity contribution in [1.29, 1.82) is 0 Å². The molecule has 0 unspecified atom stereocenters. The van der Waals surface area contributed by atoms with Crippen LogP contribution in [-0.4, -0.2) is 9.19 Å². The predicted molar refractivity (Wildman–Crippen MR) is 88.7 cm³/mol. The average Bonchev–Trinajstić information content (AvgIpc) is 2.97. The molecule has 0 N–H and O–H groups in total. The van der Waals surface area contributed by atoms with Crippen molar-refractivity contribution in [2.75, 3.05) is 0 Å². The number of aromatic nitrogens is 1. The second kappa shape index (κ2) is 6.71. The van der Waals surface area contributed by atoms with Crippen molar-refractivity contribution in [2.24, 2.45) is 0 Å². The Balaban J connectivity index is 1.66. The maximum atomic E-state index is 12.2. The van der Waals surface area contributed by atoms with Gasteiger partial charge in [0.15, 0.2) is 0 Å². The van der Waals surface area contributed by atoms with Crippen LogP contribution >= 0.6 is 0 Å². The van der Waals surface area contributed by atoms with Crippen LogP contribution in [0.3, 0.4) is 0 Å². The van der Waals surface area contributed by atoms with Gasteiger partial charge in [-0.2, -0.15) is 0 Å². The molecule has 0 aliphatic carbocycles. The Hall–Kier alpha value is -2.20. The molecule has 3 rings (SSSR count). The molecule has 3 aromatic rings. The number of rotatable bonds is 5. The summed E-state index contributed by atoms with van der Waals surface area (Å²) in [5, 5.41) is 0. The van der Waals surface area contributed by atoms with Crippen molar-refractivity contribution in [2.45, 2.75) is 18.4 Å². The van der Waals surface area contributed by atoms with Crippen molar-refractivity contribution in [3.63, 3.8) is 0 Å². The molecule has 0 radical (unpaired) electrons. The van der Waals surface area contributed by atoms with Crippen molar-refractivity contribution in [3.8, 4) is 11.5 Å². The number of benzene rings is 2. The van der Waals surface area contributed by atoms with Gasteiger partial charge < -0.3 is 4.42 Å². The zero-order valence-electron chi connectivity index (χ0n) is 12.4. The monoisotopic (exact) mass is 311 g/mol. The molecular formula is C18H17NO2S. The minimum absolute atomic E-state index is 0.407. The van der Waals surface area contributed by atoms with Crippen LogP contribution in [0.15, 0.2) is 65.3 Å². The molecule has 22 heavy (non-hydrogen) atoms. The van der Waals surface area contributed by atoms with Crippen molar-refractivity contribution in [3.05, 3.63) is 77.7 Å². The van der Waals surface area contributed by atoms with Gasteiger partial charge in [0, 0.05) is 22.1 Å². The van der Waals surface area contributed by atoms with E-state index in [2.05, 4.69) is 4.98 Å². The van der Waals surface area contributed by atoms with Gasteiger partial charge in [0.25, 0.3) is 0 Å². The number of hydrogen-bond acceptors (Lipinski definition) is 3. The Morgan fingerprint density at radius 1 is 1.00 bits per heavy atom. The van der Waals surface area contributed by atoms with Gasteiger partial charge in [0.05, 0.1) is 11.4 Å². The lowest BCUT2D eigenvalue weighted by molar-refractivity contribution is 0.573. The zero-order valence-corrected chi connectivity index (χ0v) is 13.2. The molecule has 2 aromatic carbocycles. The van der Waals surface area contributed by atoms with Crippen LogP contribution in [0.5, 0.6) is 0 Å². The van der Waals surface area contributed by atoms with Gasteiger partial charge in [-0.15, -0.1) is 0 Å². The van der Waals surface area contributed by atoms with Crippen molar-refractivity contribution >= 4 is 10.8 Å². The highest BCUT2D eigenvalue weighted by molar-refractivity contribution is 7.83. The largest absolute Gasteiger partial charge is 0.444 e. The maximum Gasteiger partial charge on any atom is 0.226 e. The third kappa shape index (κ3) is 3.71. The molecule has 1 heterocycles. The number of hydrogen-bond donors (Lipinski definition) is 0. The molecule has 0 saturated carbocycles. The SMILES string of the molecule is Cc1ccc(-c2nc(C[S@@](=O)Cc3ccccc3)co2)cc1. The first-order valence-corrected chi connectivity index (χ1v) is 8.60. The molecule has 0 spiro atoms. The van der Waals surface area contributed by atoms with Crippen LogP contribution in [0.2, 0.25) is 0 Å². The van der Waals surface area contributed by atoms with Crippen LogP contribution in [0.1, 0.15) is 16.8 Å². The summed E-state index contributed by atoms with van der Waals surface area (Å²) in [7, 11) is -0.991. The number of nitrogens with zero attached hydrogens (tertiary/aromatic N) is 1. The summed E-state index contributed by atoms with van der Waals surface area (Å²) in [4.78, 5) is 4.43. The molecule has 0 aliphatic heterocycles. The number of aryl methyl sites for hydroxylation is 1. The van der Waals surface area contributed by atoms with E-state index in [9.17, 15) is 4.21 Å². The van der Waals surface area contributed by atoms with Gasteiger partial charge in [0.2, 0.25) is 5.89 Å². The summed E-state index contributed by atoms with van der Waals surface area (Å²) in [5.74, 6) is 1.52. The molecule has 1 aromatic heterocycles. The summed E-state index contributed by atoms with van der Waals surface area (Å²) >= 11 is 0. The zero-order chi connectivity index (χ0) is 15.4. The maximum absolute atomic E-state index is 12.2. The predicted octanol–water partition coefficient (Wildman–Crippen LogP) is 4.10. The Bertz CT molecular complexity index is 763. The standard InChI is InChI=1S/C18H17NO2S/c1-14-7-9-16(10-8-14)18-19-17(11-21-18)13-22(20)12-15-5-3-2-4-6-15/h2-11H,12-13H2,1H3/t22-/m0/s1. The van der Waals surface area contributed by atoms with E-state index in [1.165, 1.54) is 5.56 Å². The van der Waals surface area contributed by atoms with Gasteiger partial charge in [-0.1, -0.05) is 48.0 Å². The van der Waals surface area contributed by atoms with E-state index in [1.54, 1.807) is 6.26 Å². The molecule has 1 atom stereocenters. The highest BCUT2D eigenvalue weighted by Crippen LogP contribution is 2.20. The van der Waals surface area contributed by atoms with Crippen LogP contribution in [0.4, 0.5) is 0 Å². The van der Waals surface area contributed by atoms with E-state index in [4.69, 9.17) is 4.42 Å². The highest BCUT2D eigenvalue weighted by atomic mass is 32.2. The molecule has 0 saturated heterocycles. The molecule has 4 heteroatoms. The van der Waals surface area contributed by atoms with E-state index in [0.29, 0.717) is 17.4 Å². The van der Waals surface area contributed by atoms with Crippen LogP contribution in [0, 0.1) is 6.92 Å². The molecular weight excluding hydrogens is 294 g/mol. The van der Waals surface area contributed by atoms with Crippen molar-refractivity contribution in [1.82, 2.24) is 4.98 Å². The fraction of sp³-hybridized carbons (Fsp3) is 0.167. The van der Waals surface area contributed by atoms with Gasteiger partial charge in [-0.05, 0) is 24.6 Å². The first-order chi connectivity index (χ1) is 10.7. The Morgan fingerprint density at radius 2 is 1.73 bits per heavy atom. The average molecular weight is 311 g/mol. The molecule has 3 nitrogen and oxygen atoms in total. The van der Waals surface area contributed by atoms with Gasteiger partial charge in [-0.3, -0.25) is 4.21 Å². The lowest BCUT2D eigenvalue weighted by Gasteiger charge is -2.00. The minimum Gasteiger partial charge on any atom is -0.444 e. The van der Waals surface area contributed by atoms with E-state index in [0.717, 1.165) is 16.8 Å². The first-order valence-electron chi connectivity index (χ1n) is 7.11. The van der Waals surface area contributed by atoms with E-state index in [1.807, 2.05) is 61.5 Å². The van der Waals surface area contributed by atoms with E-state index >= 15 is 0 Å². The van der Waals surface area contributed by atoms with Crippen LogP contribution in [-0.2, 0) is 22.3 Å². The smallest absolute Gasteiger partial charge is 0.226 e. The molecule has 0 bridgehead atoms. The highest BCUT2D eigenvalue weighted by Gasteiger charge is 2.10. The number of oxazole rings is 1. The molecule has 112 valence electrons. The summed E-state index contributed by atoms with van der Waals surface area (Å²) in [6.45, 7) is 2.04. The van der Waals surface area contributed by atoms with E-state index in [-0.39, 0.29) is 0 Å². The summed E-state index contributed by atoms with van der Waals surface area (Å²) in [6, 6.07) is 17.8. The van der Waals surface area contributed by atoms with Gasteiger partial charge in [0.1, 0.15) is 6.26 Å². The molecule has 0 amide bonds. The molecule has 0 aliphatic rings. The fourth-order valence-corrected chi connectivity index (χ4v) is 3.31. The Kier molecular flexibility index (Phi) is 4.49. The fourth-order valence-electron chi connectivity index (χ4n) is 2.18. The third-order valence-corrected chi connectivity index (χ3v) is 4.60. The molecule has 0 fully saturated rings. The van der Waals surface area contributed by atoms with E-state index < -0.39 is 10.8 Å². The van der Waals surface area contributed by atoms with Crippen LogP contribution < -0.4 is 0 Å². The topological polar surface area (TPSA) is 43.1 Å². The second-order valence-corrected chi connectivity index (χ2v) is 6.68.